The van der Waals surface area contributed by atoms with Gasteiger partial charge in [-0.3, -0.25) is 10.1 Å². The van der Waals surface area contributed by atoms with E-state index in [9.17, 15) is 9.59 Å². The summed E-state index contributed by atoms with van der Waals surface area (Å²) in [7, 11) is 0. The number of aromatic nitrogens is 3. The van der Waals surface area contributed by atoms with E-state index in [-0.39, 0.29) is 11.7 Å². The molecule has 0 saturated heterocycles. The highest BCUT2D eigenvalue weighted by Gasteiger charge is 2.36. The van der Waals surface area contributed by atoms with E-state index >= 15 is 0 Å². The molecule has 2 fully saturated rings. The van der Waals surface area contributed by atoms with Crippen molar-refractivity contribution in [2.24, 2.45) is 0 Å². The minimum absolute atomic E-state index is 0.147. The lowest BCUT2D eigenvalue weighted by Gasteiger charge is -2.09. The molecule has 8 heteroatoms. The molecule has 26 heavy (non-hydrogen) atoms. The zero-order chi connectivity index (χ0) is 17.9. The van der Waals surface area contributed by atoms with Crippen molar-refractivity contribution in [3.63, 3.8) is 0 Å². The number of hydrogen-bond donors (Lipinski definition) is 2. The Bertz CT molecular complexity index is 799. The van der Waals surface area contributed by atoms with Crippen molar-refractivity contribution in [1.82, 2.24) is 25.4 Å². The van der Waals surface area contributed by atoms with Gasteiger partial charge in [0.25, 0.3) is 0 Å². The maximum Gasteiger partial charge on any atom is 0.321 e. The quantitative estimate of drug-likeness (QED) is 0.731. The fraction of sp³-hybridized carbons (Fsp3) is 0.444. The van der Waals surface area contributed by atoms with E-state index in [2.05, 4.69) is 25.4 Å². The Kier molecular flexibility index (Phi) is 4.92. The SMILES string of the molecule is O=C(CSc1nnc(C2CC2)n1C1CC1)NC(=O)NCc1ccccc1. The highest BCUT2D eigenvalue weighted by molar-refractivity contribution is 7.99. The van der Waals surface area contributed by atoms with E-state index in [0.29, 0.717) is 18.5 Å². The molecule has 0 unspecified atom stereocenters. The molecule has 0 aliphatic heterocycles. The number of rotatable bonds is 7. The molecule has 2 aromatic rings. The van der Waals surface area contributed by atoms with Crippen LogP contribution in [-0.2, 0) is 11.3 Å². The number of nitrogens with zero attached hydrogens (tertiary/aromatic N) is 3. The average Bonchev–Trinajstić information content (AvgIpc) is 3.58. The second-order valence-electron chi connectivity index (χ2n) is 6.72. The zero-order valence-electron chi connectivity index (χ0n) is 14.4. The second kappa shape index (κ2) is 7.49. The summed E-state index contributed by atoms with van der Waals surface area (Å²) in [5.74, 6) is 1.42. The van der Waals surface area contributed by atoms with Gasteiger partial charge in [-0.1, -0.05) is 42.1 Å². The zero-order valence-corrected chi connectivity index (χ0v) is 15.2. The first kappa shape index (κ1) is 17.1. The molecule has 4 rings (SSSR count). The summed E-state index contributed by atoms with van der Waals surface area (Å²) in [4.78, 5) is 23.9. The lowest BCUT2D eigenvalue weighted by molar-refractivity contribution is -0.117. The lowest BCUT2D eigenvalue weighted by Crippen LogP contribution is -2.40. The summed E-state index contributed by atoms with van der Waals surface area (Å²) >= 11 is 1.34. The first-order valence-corrected chi connectivity index (χ1v) is 9.88. The summed E-state index contributed by atoms with van der Waals surface area (Å²) in [5, 5.41) is 14.4. The van der Waals surface area contributed by atoms with Crippen LogP contribution in [0.4, 0.5) is 4.79 Å². The molecule has 2 aliphatic rings. The standard InChI is InChI=1S/C18H21N5O2S/c24-15(20-17(25)19-10-12-4-2-1-3-5-12)11-26-18-22-21-16(13-6-7-13)23(18)14-8-9-14/h1-5,13-14H,6-11H2,(H2,19,20,24,25). The van der Waals surface area contributed by atoms with Crippen LogP contribution in [0, 0.1) is 0 Å². The third-order valence-electron chi connectivity index (χ3n) is 4.43. The van der Waals surface area contributed by atoms with Crippen molar-refractivity contribution in [3.8, 4) is 0 Å². The number of nitrogens with one attached hydrogen (secondary N) is 2. The second-order valence-corrected chi connectivity index (χ2v) is 7.66. The largest absolute Gasteiger partial charge is 0.334 e. The van der Waals surface area contributed by atoms with Gasteiger partial charge in [0.15, 0.2) is 5.16 Å². The monoisotopic (exact) mass is 371 g/mol. The fourth-order valence-electron chi connectivity index (χ4n) is 2.80. The third kappa shape index (κ3) is 4.24. The number of hydrogen-bond acceptors (Lipinski definition) is 5. The van der Waals surface area contributed by atoms with E-state index in [0.717, 1.165) is 29.4 Å². The number of carbonyl (C=O) groups excluding carboxylic acids is 2. The van der Waals surface area contributed by atoms with Gasteiger partial charge in [0, 0.05) is 18.5 Å². The van der Waals surface area contributed by atoms with Crippen molar-refractivity contribution in [3.05, 3.63) is 41.7 Å². The molecule has 0 bridgehead atoms. The molecule has 0 atom stereocenters. The first-order valence-electron chi connectivity index (χ1n) is 8.90. The van der Waals surface area contributed by atoms with Gasteiger partial charge >= 0.3 is 6.03 Å². The van der Waals surface area contributed by atoms with Crippen molar-refractivity contribution < 1.29 is 9.59 Å². The summed E-state index contributed by atoms with van der Waals surface area (Å²) in [6, 6.07) is 9.56. The van der Waals surface area contributed by atoms with Gasteiger partial charge in [0.1, 0.15) is 5.82 Å². The molecule has 1 aromatic carbocycles. The molecule has 0 spiro atoms. The molecule has 1 aromatic heterocycles. The van der Waals surface area contributed by atoms with Crippen LogP contribution in [0.2, 0.25) is 0 Å². The summed E-state index contributed by atoms with van der Waals surface area (Å²) in [5.41, 5.74) is 0.981. The van der Waals surface area contributed by atoms with E-state index in [1.54, 1.807) is 0 Å². The minimum Gasteiger partial charge on any atom is -0.334 e. The average molecular weight is 371 g/mol. The summed E-state index contributed by atoms with van der Waals surface area (Å²) in [6.07, 6.45) is 4.66. The van der Waals surface area contributed by atoms with E-state index in [1.165, 1.54) is 24.6 Å². The minimum atomic E-state index is -0.484. The highest BCUT2D eigenvalue weighted by atomic mass is 32.2. The summed E-state index contributed by atoms with van der Waals surface area (Å²) in [6.45, 7) is 0.383. The maximum absolute atomic E-state index is 12.0. The van der Waals surface area contributed by atoms with Gasteiger partial charge in [0.2, 0.25) is 5.91 Å². The molecule has 2 aliphatic carbocycles. The first-order chi connectivity index (χ1) is 12.7. The Balaban J connectivity index is 1.26. The van der Waals surface area contributed by atoms with Gasteiger partial charge in [-0.25, -0.2) is 4.79 Å². The van der Waals surface area contributed by atoms with Gasteiger partial charge < -0.3 is 9.88 Å². The van der Waals surface area contributed by atoms with Gasteiger partial charge in [-0.15, -0.1) is 10.2 Å². The number of amides is 3. The Morgan fingerprint density at radius 1 is 1.12 bits per heavy atom. The van der Waals surface area contributed by atoms with Crippen LogP contribution in [0.1, 0.15) is 49.0 Å². The number of urea groups is 1. The smallest absolute Gasteiger partial charge is 0.321 e. The molecule has 1 heterocycles. The Hall–Kier alpha value is -2.35. The maximum atomic E-state index is 12.0. The fourth-order valence-corrected chi connectivity index (χ4v) is 3.61. The molecule has 2 N–H and O–H groups in total. The van der Waals surface area contributed by atoms with Crippen LogP contribution in [0.5, 0.6) is 0 Å². The number of benzene rings is 1. The van der Waals surface area contributed by atoms with Crippen LogP contribution in [0.25, 0.3) is 0 Å². The molecule has 2 saturated carbocycles. The number of thioether (sulfide) groups is 1. The van der Waals surface area contributed by atoms with Crippen molar-refractivity contribution in [2.75, 3.05) is 5.75 Å². The van der Waals surface area contributed by atoms with Crippen LogP contribution >= 0.6 is 11.8 Å². The van der Waals surface area contributed by atoms with Crippen molar-refractivity contribution >= 4 is 23.7 Å². The van der Waals surface area contributed by atoms with Gasteiger partial charge in [0.05, 0.1) is 5.75 Å². The predicted octanol–water partition coefficient (Wildman–Crippen LogP) is 2.61. The number of carbonyl (C=O) groups is 2. The van der Waals surface area contributed by atoms with Crippen LogP contribution in [0.3, 0.4) is 0 Å². The highest BCUT2D eigenvalue weighted by Crippen LogP contribution is 2.45. The molecule has 3 amide bonds. The van der Waals surface area contributed by atoms with E-state index in [4.69, 9.17) is 0 Å². The van der Waals surface area contributed by atoms with Crippen molar-refractivity contribution in [2.45, 2.75) is 49.3 Å². The van der Waals surface area contributed by atoms with Crippen LogP contribution < -0.4 is 10.6 Å². The molecular formula is C18H21N5O2S. The van der Waals surface area contributed by atoms with Gasteiger partial charge in [-0.05, 0) is 31.2 Å². The van der Waals surface area contributed by atoms with E-state index in [1.807, 2.05) is 30.3 Å². The number of imide groups is 1. The summed E-state index contributed by atoms with van der Waals surface area (Å²) < 4.78 is 2.20. The Labute approximate surface area is 155 Å². The lowest BCUT2D eigenvalue weighted by atomic mass is 10.2. The normalized spacial score (nSPS) is 16.3. The molecule has 136 valence electrons. The third-order valence-corrected chi connectivity index (χ3v) is 5.37. The van der Waals surface area contributed by atoms with Crippen LogP contribution in [-0.4, -0.2) is 32.5 Å². The topological polar surface area (TPSA) is 88.9 Å². The Morgan fingerprint density at radius 3 is 2.58 bits per heavy atom. The molecular weight excluding hydrogens is 350 g/mol. The molecule has 7 nitrogen and oxygen atoms in total. The molecule has 0 radical (unpaired) electrons. The Morgan fingerprint density at radius 2 is 1.88 bits per heavy atom. The van der Waals surface area contributed by atoms with Gasteiger partial charge in [-0.2, -0.15) is 0 Å². The van der Waals surface area contributed by atoms with Crippen LogP contribution in [0.15, 0.2) is 35.5 Å². The van der Waals surface area contributed by atoms with E-state index < -0.39 is 6.03 Å². The predicted molar refractivity (Wildman–Crippen MR) is 97.8 cm³/mol. The van der Waals surface area contributed by atoms with Crippen molar-refractivity contribution in [1.29, 1.82) is 0 Å².